The normalized spacial score (nSPS) is 10.7. The van der Waals surface area contributed by atoms with Gasteiger partial charge in [-0.25, -0.2) is 4.39 Å². The van der Waals surface area contributed by atoms with Crippen LogP contribution in [0.25, 0.3) is 6.08 Å². The molecular weight excluding hydrogens is 183 g/mol. The molecule has 1 rings (SSSR count). The molecule has 2 nitrogen and oxygen atoms in total. The molecule has 0 amide bonds. The van der Waals surface area contributed by atoms with Crippen LogP contribution < -0.4 is 0 Å². The molecule has 0 saturated carbocycles. The Bertz CT molecular complexity index is 345. The lowest BCUT2D eigenvalue weighted by atomic mass is 10.1. The Hall–Kier alpha value is -1.48. The summed E-state index contributed by atoms with van der Waals surface area (Å²) in [6.07, 6.45) is 4.54. The predicted molar refractivity (Wildman–Crippen MR) is 52.5 cm³/mol. The Morgan fingerprint density at radius 3 is 2.86 bits per heavy atom. The molecule has 0 heterocycles. The molecule has 14 heavy (non-hydrogen) atoms. The van der Waals surface area contributed by atoms with Gasteiger partial charge in [0.2, 0.25) is 0 Å². The van der Waals surface area contributed by atoms with Gasteiger partial charge in [0.05, 0.1) is 5.56 Å². The van der Waals surface area contributed by atoms with Gasteiger partial charge in [0.1, 0.15) is 5.82 Å². The first-order chi connectivity index (χ1) is 6.77. The van der Waals surface area contributed by atoms with E-state index in [1.807, 2.05) is 0 Å². The summed E-state index contributed by atoms with van der Waals surface area (Å²) in [5.74, 6) is -0.515. The van der Waals surface area contributed by atoms with E-state index in [9.17, 15) is 9.18 Å². The lowest BCUT2D eigenvalue weighted by molar-refractivity contribution is 0.112. The van der Waals surface area contributed by atoms with E-state index < -0.39 is 5.82 Å². The number of aliphatic hydroxyl groups excluding tert-OH is 1. The Morgan fingerprint density at radius 2 is 2.21 bits per heavy atom. The number of hydrogen-bond donors (Lipinski definition) is 1. The first-order valence-electron chi connectivity index (χ1n) is 4.30. The molecule has 0 radical (unpaired) electrons. The first-order valence-corrected chi connectivity index (χ1v) is 4.30. The average molecular weight is 194 g/mol. The molecule has 0 fully saturated rings. The van der Waals surface area contributed by atoms with Gasteiger partial charge >= 0.3 is 0 Å². The summed E-state index contributed by atoms with van der Waals surface area (Å²) < 4.78 is 12.9. The number of carbonyl (C=O) groups excluding carboxylic acids is 1. The maximum Gasteiger partial charge on any atom is 0.153 e. The molecule has 1 N–H and O–H groups in total. The summed E-state index contributed by atoms with van der Waals surface area (Å²) in [5, 5.41) is 8.52. The SMILES string of the molecule is O=Cc1cc(C=CCCO)ccc1F. The van der Waals surface area contributed by atoms with Crippen molar-refractivity contribution < 1.29 is 14.3 Å². The average Bonchev–Trinajstić information content (AvgIpc) is 2.21. The Morgan fingerprint density at radius 1 is 1.43 bits per heavy atom. The van der Waals surface area contributed by atoms with Gasteiger partial charge < -0.3 is 5.11 Å². The van der Waals surface area contributed by atoms with Gasteiger partial charge in [0.25, 0.3) is 0 Å². The standard InChI is InChI=1S/C11H11FO2/c12-11-5-4-9(3-1-2-6-13)7-10(11)8-14/h1,3-5,7-8,13H,2,6H2. The zero-order chi connectivity index (χ0) is 10.4. The van der Waals surface area contributed by atoms with E-state index in [1.54, 1.807) is 18.2 Å². The van der Waals surface area contributed by atoms with E-state index in [2.05, 4.69) is 0 Å². The van der Waals surface area contributed by atoms with E-state index in [1.165, 1.54) is 12.1 Å². The minimum atomic E-state index is -0.515. The Labute approximate surface area is 81.7 Å². The fourth-order valence-electron chi connectivity index (χ4n) is 1.05. The van der Waals surface area contributed by atoms with Gasteiger partial charge in [-0.3, -0.25) is 4.79 Å². The molecule has 0 bridgehead atoms. The smallest absolute Gasteiger partial charge is 0.153 e. The van der Waals surface area contributed by atoms with Crippen LogP contribution in [0.1, 0.15) is 22.3 Å². The Kier molecular flexibility index (Phi) is 4.01. The minimum Gasteiger partial charge on any atom is -0.396 e. The van der Waals surface area contributed by atoms with Crippen molar-refractivity contribution in [1.82, 2.24) is 0 Å². The number of benzene rings is 1. The zero-order valence-electron chi connectivity index (χ0n) is 7.61. The van der Waals surface area contributed by atoms with E-state index >= 15 is 0 Å². The number of carbonyl (C=O) groups is 1. The third-order valence-electron chi connectivity index (χ3n) is 1.75. The fourth-order valence-corrected chi connectivity index (χ4v) is 1.05. The molecule has 0 saturated heterocycles. The van der Waals surface area contributed by atoms with Gasteiger partial charge in [-0.1, -0.05) is 18.2 Å². The zero-order valence-corrected chi connectivity index (χ0v) is 7.61. The van der Waals surface area contributed by atoms with Crippen LogP contribution in [-0.2, 0) is 0 Å². The second kappa shape index (κ2) is 5.29. The maximum absolute atomic E-state index is 12.9. The monoisotopic (exact) mass is 194 g/mol. The van der Waals surface area contributed by atoms with Crippen molar-refractivity contribution in [3.8, 4) is 0 Å². The molecule has 0 aromatic heterocycles. The van der Waals surface area contributed by atoms with Crippen molar-refractivity contribution in [3.05, 3.63) is 41.2 Å². The highest BCUT2D eigenvalue weighted by molar-refractivity contribution is 5.76. The van der Waals surface area contributed by atoms with Crippen LogP contribution in [0.3, 0.4) is 0 Å². The molecule has 0 unspecified atom stereocenters. The summed E-state index contributed by atoms with van der Waals surface area (Å²) in [6, 6.07) is 4.30. The second-order valence-corrected chi connectivity index (χ2v) is 2.81. The topological polar surface area (TPSA) is 37.3 Å². The summed E-state index contributed by atoms with van der Waals surface area (Å²) >= 11 is 0. The number of aldehydes is 1. The van der Waals surface area contributed by atoms with Gasteiger partial charge in [-0.2, -0.15) is 0 Å². The lowest BCUT2D eigenvalue weighted by Gasteiger charge is -1.96. The largest absolute Gasteiger partial charge is 0.396 e. The fraction of sp³-hybridized carbons (Fsp3) is 0.182. The van der Waals surface area contributed by atoms with Gasteiger partial charge in [-0.05, 0) is 24.1 Å². The second-order valence-electron chi connectivity index (χ2n) is 2.81. The van der Waals surface area contributed by atoms with Crippen molar-refractivity contribution >= 4 is 12.4 Å². The van der Waals surface area contributed by atoms with Gasteiger partial charge in [0.15, 0.2) is 6.29 Å². The van der Waals surface area contributed by atoms with Crippen LogP contribution in [0.2, 0.25) is 0 Å². The highest BCUT2D eigenvalue weighted by atomic mass is 19.1. The molecule has 0 spiro atoms. The number of hydrogen-bond acceptors (Lipinski definition) is 2. The molecule has 74 valence electrons. The molecule has 0 aliphatic carbocycles. The first kappa shape index (κ1) is 10.6. The van der Waals surface area contributed by atoms with Gasteiger partial charge in [0, 0.05) is 6.61 Å². The minimum absolute atomic E-state index is 0.0520. The van der Waals surface area contributed by atoms with Crippen molar-refractivity contribution in [2.45, 2.75) is 6.42 Å². The maximum atomic E-state index is 12.9. The molecule has 1 aromatic carbocycles. The molecule has 0 aliphatic heterocycles. The summed E-state index contributed by atoms with van der Waals surface area (Å²) in [6.45, 7) is 0.0816. The van der Waals surface area contributed by atoms with Crippen LogP contribution in [0.15, 0.2) is 24.3 Å². The molecular formula is C11H11FO2. The predicted octanol–water partition coefficient (Wildman–Crippen LogP) is 2.03. The van der Waals surface area contributed by atoms with Crippen LogP contribution in [0.4, 0.5) is 4.39 Å². The molecule has 0 aliphatic rings. The van der Waals surface area contributed by atoms with Crippen LogP contribution in [0.5, 0.6) is 0 Å². The van der Waals surface area contributed by atoms with Crippen LogP contribution >= 0.6 is 0 Å². The van der Waals surface area contributed by atoms with Crippen molar-refractivity contribution in [3.63, 3.8) is 0 Å². The molecule has 0 atom stereocenters. The van der Waals surface area contributed by atoms with Crippen LogP contribution in [0, 0.1) is 5.82 Å². The number of rotatable bonds is 4. The van der Waals surface area contributed by atoms with E-state index in [-0.39, 0.29) is 12.2 Å². The number of halogens is 1. The van der Waals surface area contributed by atoms with E-state index in [0.29, 0.717) is 12.7 Å². The summed E-state index contributed by atoms with van der Waals surface area (Å²) in [7, 11) is 0. The van der Waals surface area contributed by atoms with Crippen LogP contribution in [-0.4, -0.2) is 18.0 Å². The van der Waals surface area contributed by atoms with Gasteiger partial charge in [-0.15, -0.1) is 0 Å². The van der Waals surface area contributed by atoms with E-state index in [0.717, 1.165) is 5.56 Å². The molecule has 1 aromatic rings. The summed E-state index contributed by atoms with van der Waals surface area (Å²) in [5.41, 5.74) is 0.804. The highest BCUT2D eigenvalue weighted by Gasteiger charge is 1.99. The number of aliphatic hydroxyl groups is 1. The third kappa shape index (κ3) is 2.78. The lowest BCUT2D eigenvalue weighted by Crippen LogP contribution is -1.87. The summed E-state index contributed by atoms with van der Waals surface area (Å²) in [4.78, 5) is 10.4. The van der Waals surface area contributed by atoms with Crippen molar-refractivity contribution in [2.75, 3.05) is 6.61 Å². The van der Waals surface area contributed by atoms with Crippen molar-refractivity contribution in [2.24, 2.45) is 0 Å². The quantitative estimate of drug-likeness (QED) is 0.744. The third-order valence-corrected chi connectivity index (χ3v) is 1.75. The highest BCUT2D eigenvalue weighted by Crippen LogP contribution is 2.10. The van der Waals surface area contributed by atoms with Crippen molar-refractivity contribution in [1.29, 1.82) is 0 Å². The Balaban J connectivity index is 2.84. The van der Waals surface area contributed by atoms with E-state index in [4.69, 9.17) is 5.11 Å². The molecule has 3 heteroatoms.